The van der Waals surface area contributed by atoms with Crippen LogP contribution in [0.15, 0.2) is 24.3 Å². The Morgan fingerprint density at radius 2 is 1.86 bits per heavy atom. The van der Waals surface area contributed by atoms with Crippen LogP contribution in [0.3, 0.4) is 0 Å². The maximum atomic E-state index is 12.0. The van der Waals surface area contributed by atoms with E-state index in [1.807, 2.05) is 0 Å². The summed E-state index contributed by atoms with van der Waals surface area (Å²) < 4.78 is 5.29. The molecule has 0 bridgehead atoms. The summed E-state index contributed by atoms with van der Waals surface area (Å²) in [7, 11) is 0. The minimum absolute atomic E-state index is 0.106. The fourth-order valence-corrected chi connectivity index (χ4v) is 4.92. The van der Waals surface area contributed by atoms with Crippen molar-refractivity contribution >= 4 is 12.1 Å². The van der Waals surface area contributed by atoms with Crippen molar-refractivity contribution in [3.8, 4) is 0 Å². The predicted molar refractivity (Wildman–Crippen MR) is 112 cm³/mol. The zero-order valence-electron chi connectivity index (χ0n) is 17.8. The van der Waals surface area contributed by atoms with Crippen LogP contribution in [0.2, 0.25) is 0 Å². The normalized spacial score (nSPS) is 28.1. The first kappa shape index (κ1) is 21.6. The van der Waals surface area contributed by atoms with E-state index in [9.17, 15) is 14.7 Å². The number of nitrogens with two attached hydrogens (primary N) is 1. The minimum Gasteiger partial charge on any atom is -0.480 e. The van der Waals surface area contributed by atoms with Gasteiger partial charge < -0.3 is 15.6 Å². The number of ether oxygens (including phenoxy) is 1. The standard InChI is InChI=1S/C13H21NO4.C10H13N/c1-13(2,3)18-12(17)14-7-8-5-4-6-9(8)10(14)11(15)16;11-10-7-3-5-8-4-1-2-6-9(8)10/h8-10H,4-7H2,1-3H3,(H,15,16);1-2,4,6,10H,3,5,7,11H2/t8-,9-,10-;10-/m10/s1. The van der Waals surface area contributed by atoms with Gasteiger partial charge in [-0.15, -0.1) is 0 Å². The first-order valence-electron chi connectivity index (χ1n) is 10.7. The van der Waals surface area contributed by atoms with Gasteiger partial charge in [0.15, 0.2) is 0 Å². The first-order valence-corrected chi connectivity index (χ1v) is 10.7. The van der Waals surface area contributed by atoms with E-state index in [1.54, 1.807) is 20.8 Å². The zero-order chi connectivity index (χ0) is 21.2. The summed E-state index contributed by atoms with van der Waals surface area (Å²) in [4.78, 5) is 24.8. The third-order valence-electron chi connectivity index (χ3n) is 6.19. The molecular weight excluding hydrogens is 368 g/mol. The number of hydrogen-bond acceptors (Lipinski definition) is 4. The Morgan fingerprint density at radius 3 is 2.52 bits per heavy atom. The van der Waals surface area contributed by atoms with Crippen molar-refractivity contribution in [2.24, 2.45) is 17.6 Å². The molecule has 0 aromatic heterocycles. The summed E-state index contributed by atoms with van der Waals surface area (Å²) in [5.41, 5.74) is 8.17. The van der Waals surface area contributed by atoms with Crippen molar-refractivity contribution in [1.82, 2.24) is 4.90 Å². The highest BCUT2D eigenvalue weighted by Crippen LogP contribution is 2.42. The number of carboxylic acid groups (broad SMARTS) is 1. The Morgan fingerprint density at radius 1 is 1.14 bits per heavy atom. The molecule has 1 heterocycles. The fourth-order valence-electron chi connectivity index (χ4n) is 4.92. The third-order valence-corrected chi connectivity index (χ3v) is 6.19. The number of aryl methyl sites for hydroxylation is 1. The Hall–Kier alpha value is -2.08. The average Bonchev–Trinajstić information content (AvgIpc) is 3.22. The van der Waals surface area contributed by atoms with Crippen molar-refractivity contribution in [2.75, 3.05) is 6.54 Å². The van der Waals surface area contributed by atoms with Crippen molar-refractivity contribution in [1.29, 1.82) is 0 Å². The van der Waals surface area contributed by atoms with Gasteiger partial charge in [0.1, 0.15) is 11.6 Å². The van der Waals surface area contributed by atoms with Crippen LogP contribution in [0.25, 0.3) is 0 Å². The summed E-state index contributed by atoms with van der Waals surface area (Å²) in [6.45, 7) is 5.89. The second-order valence-corrected chi connectivity index (χ2v) is 9.47. The number of carbonyl (C=O) groups is 2. The Labute approximate surface area is 173 Å². The lowest BCUT2D eigenvalue weighted by Gasteiger charge is -2.28. The molecule has 0 spiro atoms. The monoisotopic (exact) mass is 402 g/mol. The molecule has 29 heavy (non-hydrogen) atoms. The molecule has 1 saturated heterocycles. The maximum absolute atomic E-state index is 12.0. The van der Waals surface area contributed by atoms with Crippen LogP contribution in [-0.2, 0) is 16.0 Å². The molecule has 4 rings (SSSR count). The molecule has 6 nitrogen and oxygen atoms in total. The predicted octanol–water partition coefficient (Wildman–Crippen LogP) is 4.13. The van der Waals surface area contributed by atoms with E-state index in [1.165, 1.54) is 28.9 Å². The smallest absolute Gasteiger partial charge is 0.411 e. The number of benzene rings is 1. The number of fused-ring (bicyclic) bond motifs is 2. The summed E-state index contributed by atoms with van der Waals surface area (Å²) >= 11 is 0. The largest absolute Gasteiger partial charge is 0.480 e. The van der Waals surface area contributed by atoms with E-state index in [2.05, 4.69) is 24.3 Å². The molecule has 1 amide bonds. The van der Waals surface area contributed by atoms with Crippen molar-refractivity contribution in [2.45, 2.75) is 77.0 Å². The SMILES string of the molecule is CC(C)(C)OC(=O)N1C[C@H]2CCC[C@H]2[C@@H]1C(=O)O.N[C@H]1CCCc2ccccc21. The molecule has 1 saturated carbocycles. The lowest BCUT2D eigenvalue weighted by Crippen LogP contribution is -2.45. The topological polar surface area (TPSA) is 92.9 Å². The highest BCUT2D eigenvalue weighted by molar-refractivity contribution is 5.81. The van der Waals surface area contributed by atoms with Gasteiger partial charge in [0.2, 0.25) is 0 Å². The Balaban J connectivity index is 0.000000186. The van der Waals surface area contributed by atoms with Gasteiger partial charge in [-0.25, -0.2) is 9.59 Å². The van der Waals surface area contributed by atoms with E-state index in [0.717, 1.165) is 25.7 Å². The molecule has 0 radical (unpaired) electrons. The van der Waals surface area contributed by atoms with Crippen LogP contribution in [0.1, 0.15) is 70.0 Å². The van der Waals surface area contributed by atoms with Gasteiger partial charge >= 0.3 is 12.1 Å². The van der Waals surface area contributed by atoms with E-state index >= 15 is 0 Å². The second-order valence-electron chi connectivity index (χ2n) is 9.47. The molecule has 160 valence electrons. The summed E-state index contributed by atoms with van der Waals surface area (Å²) in [5, 5.41) is 9.33. The number of carbonyl (C=O) groups excluding carboxylic acids is 1. The van der Waals surface area contributed by atoms with E-state index in [0.29, 0.717) is 18.5 Å². The number of carboxylic acids is 1. The van der Waals surface area contributed by atoms with E-state index in [-0.39, 0.29) is 5.92 Å². The fraction of sp³-hybridized carbons (Fsp3) is 0.652. The van der Waals surface area contributed by atoms with Gasteiger partial charge in [0.05, 0.1) is 0 Å². The van der Waals surface area contributed by atoms with Gasteiger partial charge in [0.25, 0.3) is 0 Å². The lowest BCUT2D eigenvalue weighted by molar-refractivity contribution is -0.143. The number of likely N-dealkylation sites (tertiary alicyclic amines) is 1. The number of nitrogens with zero attached hydrogens (tertiary/aromatic N) is 1. The van der Waals surface area contributed by atoms with Crippen molar-refractivity contribution in [3.05, 3.63) is 35.4 Å². The van der Waals surface area contributed by atoms with Crippen molar-refractivity contribution < 1.29 is 19.4 Å². The molecule has 6 heteroatoms. The maximum Gasteiger partial charge on any atom is 0.411 e. The second kappa shape index (κ2) is 8.74. The third kappa shape index (κ3) is 5.10. The summed E-state index contributed by atoms with van der Waals surface area (Å²) in [6, 6.07) is 8.10. The molecule has 1 aliphatic heterocycles. The first-order chi connectivity index (χ1) is 13.7. The Bertz CT molecular complexity index is 743. The number of aliphatic carboxylic acids is 1. The molecule has 4 atom stereocenters. The molecule has 1 aromatic rings. The highest BCUT2D eigenvalue weighted by atomic mass is 16.6. The number of hydrogen-bond donors (Lipinski definition) is 2. The quantitative estimate of drug-likeness (QED) is 0.737. The molecule has 3 aliphatic rings. The average molecular weight is 403 g/mol. The van der Waals surface area contributed by atoms with Gasteiger partial charge in [-0.05, 0) is 75.8 Å². The van der Waals surface area contributed by atoms with Crippen LogP contribution >= 0.6 is 0 Å². The highest BCUT2D eigenvalue weighted by Gasteiger charge is 2.50. The summed E-state index contributed by atoms with van der Waals surface area (Å²) in [6.07, 6.45) is 6.11. The van der Waals surface area contributed by atoms with Crippen LogP contribution in [0, 0.1) is 11.8 Å². The number of amides is 1. The zero-order valence-corrected chi connectivity index (χ0v) is 17.8. The van der Waals surface area contributed by atoms with E-state index in [4.69, 9.17) is 10.5 Å². The number of rotatable bonds is 1. The van der Waals surface area contributed by atoms with Gasteiger partial charge in [0, 0.05) is 12.6 Å². The van der Waals surface area contributed by atoms with Crippen LogP contribution in [0.5, 0.6) is 0 Å². The minimum atomic E-state index is -0.907. The van der Waals surface area contributed by atoms with Gasteiger partial charge in [-0.2, -0.15) is 0 Å². The molecule has 2 fully saturated rings. The van der Waals surface area contributed by atoms with Crippen LogP contribution < -0.4 is 5.73 Å². The van der Waals surface area contributed by atoms with Crippen LogP contribution in [0.4, 0.5) is 4.79 Å². The summed E-state index contributed by atoms with van der Waals surface area (Å²) in [5.74, 6) is -0.469. The van der Waals surface area contributed by atoms with Gasteiger partial charge in [-0.3, -0.25) is 4.90 Å². The Kier molecular flexibility index (Phi) is 6.52. The molecular formula is C23H34N2O4. The van der Waals surface area contributed by atoms with Crippen LogP contribution in [-0.4, -0.2) is 40.3 Å². The lowest BCUT2D eigenvalue weighted by atomic mass is 9.88. The molecule has 2 aliphatic carbocycles. The molecule has 1 aromatic carbocycles. The van der Waals surface area contributed by atoms with Gasteiger partial charge in [-0.1, -0.05) is 30.7 Å². The van der Waals surface area contributed by atoms with Crippen molar-refractivity contribution in [3.63, 3.8) is 0 Å². The molecule has 0 unspecified atom stereocenters. The van der Waals surface area contributed by atoms with E-state index < -0.39 is 23.7 Å². The molecule has 3 N–H and O–H groups in total.